The molecule has 27 heavy (non-hydrogen) atoms. The quantitative estimate of drug-likeness (QED) is 0.693. The van der Waals surface area contributed by atoms with Crippen molar-refractivity contribution in [3.63, 3.8) is 0 Å². The lowest BCUT2D eigenvalue weighted by Crippen LogP contribution is -2.15. The Bertz CT molecular complexity index is 1090. The molecule has 0 saturated heterocycles. The van der Waals surface area contributed by atoms with Crippen molar-refractivity contribution in [1.82, 2.24) is 5.16 Å². The van der Waals surface area contributed by atoms with E-state index in [1.165, 1.54) is 24.4 Å². The molecule has 0 radical (unpaired) electrons. The van der Waals surface area contributed by atoms with E-state index in [9.17, 15) is 22.0 Å². The number of rotatable bonds is 5. The lowest BCUT2D eigenvalue weighted by atomic mass is 10.2. The highest BCUT2D eigenvalue weighted by atomic mass is 32.2. The fourth-order valence-corrected chi connectivity index (χ4v) is 3.36. The van der Waals surface area contributed by atoms with Crippen LogP contribution < -0.4 is 10.0 Å². The van der Waals surface area contributed by atoms with Gasteiger partial charge >= 0.3 is 0 Å². The van der Waals surface area contributed by atoms with Crippen molar-refractivity contribution in [2.24, 2.45) is 0 Å². The van der Waals surface area contributed by atoms with Crippen molar-refractivity contribution < 1.29 is 26.5 Å². The van der Waals surface area contributed by atoms with Crippen LogP contribution in [0.15, 0.2) is 58.1 Å². The van der Waals surface area contributed by atoms with E-state index in [4.69, 9.17) is 4.52 Å². The Labute approximate surface area is 153 Å². The van der Waals surface area contributed by atoms with Gasteiger partial charge in [0.2, 0.25) is 0 Å². The summed E-state index contributed by atoms with van der Waals surface area (Å²) in [5, 5.41) is 6.08. The Hall–Kier alpha value is -3.27. The predicted molar refractivity (Wildman–Crippen MR) is 92.8 cm³/mol. The second-order valence-electron chi connectivity index (χ2n) is 5.54. The number of amides is 1. The molecule has 0 atom stereocenters. The number of nitrogens with one attached hydrogen (secondary N) is 2. The van der Waals surface area contributed by atoms with Gasteiger partial charge < -0.3 is 9.84 Å². The lowest BCUT2D eigenvalue weighted by Gasteiger charge is -2.10. The molecule has 2 N–H and O–H groups in total. The first-order valence-corrected chi connectivity index (χ1v) is 9.04. The maximum atomic E-state index is 13.3. The average Bonchev–Trinajstić information content (AvgIpc) is 3.00. The van der Waals surface area contributed by atoms with E-state index in [1.54, 1.807) is 13.0 Å². The number of anilines is 2. The molecule has 1 amide bonds. The van der Waals surface area contributed by atoms with Crippen LogP contribution >= 0.6 is 0 Å². The van der Waals surface area contributed by atoms with Gasteiger partial charge in [0.25, 0.3) is 15.9 Å². The molecular formula is C17H13F2N3O4S. The number of carbonyl (C=O) groups excluding carboxylic acids is 1. The zero-order valence-corrected chi connectivity index (χ0v) is 14.7. The van der Waals surface area contributed by atoms with Crippen molar-refractivity contribution >= 4 is 27.3 Å². The van der Waals surface area contributed by atoms with Crippen molar-refractivity contribution in [3.8, 4) is 0 Å². The third-order valence-corrected chi connectivity index (χ3v) is 4.88. The molecule has 0 saturated carbocycles. The molecule has 2 aromatic carbocycles. The van der Waals surface area contributed by atoms with Crippen LogP contribution in [0.1, 0.15) is 16.1 Å². The summed E-state index contributed by atoms with van der Waals surface area (Å²) in [4.78, 5) is 11.6. The van der Waals surface area contributed by atoms with Gasteiger partial charge in [0, 0.05) is 11.8 Å². The minimum absolute atomic E-state index is 0.0968. The Morgan fingerprint density at radius 2 is 1.74 bits per heavy atom. The number of carbonyl (C=O) groups is 1. The smallest absolute Gasteiger partial charge is 0.262 e. The molecule has 0 aliphatic rings. The van der Waals surface area contributed by atoms with Gasteiger partial charge in [-0.05, 0) is 37.3 Å². The third kappa shape index (κ3) is 4.29. The predicted octanol–water partition coefficient (Wildman–Crippen LogP) is 3.31. The largest absolute Gasteiger partial charge is 0.361 e. The molecule has 3 aromatic rings. The van der Waals surface area contributed by atoms with E-state index in [0.717, 1.165) is 0 Å². The highest BCUT2D eigenvalue weighted by molar-refractivity contribution is 7.92. The second kappa shape index (κ2) is 7.16. The van der Waals surface area contributed by atoms with Crippen LogP contribution in [0.25, 0.3) is 0 Å². The van der Waals surface area contributed by atoms with Gasteiger partial charge in [-0.2, -0.15) is 0 Å². The van der Waals surface area contributed by atoms with Crippen LogP contribution in [0.3, 0.4) is 0 Å². The van der Waals surface area contributed by atoms with Crippen LogP contribution in [0, 0.1) is 18.6 Å². The minimum Gasteiger partial charge on any atom is -0.361 e. The molecule has 0 aliphatic carbocycles. The molecule has 7 nitrogen and oxygen atoms in total. The molecular weight excluding hydrogens is 380 g/mol. The number of aryl methyl sites for hydroxylation is 1. The molecule has 0 spiro atoms. The van der Waals surface area contributed by atoms with Crippen LogP contribution in [0.4, 0.5) is 20.2 Å². The summed E-state index contributed by atoms with van der Waals surface area (Å²) in [6, 6.07) is 7.79. The number of nitrogens with zero attached hydrogens (tertiary/aromatic N) is 1. The lowest BCUT2D eigenvalue weighted by molar-refractivity contribution is 0.102. The number of hydrogen-bond donors (Lipinski definition) is 2. The first-order valence-electron chi connectivity index (χ1n) is 7.56. The van der Waals surface area contributed by atoms with Crippen LogP contribution in [0.5, 0.6) is 0 Å². The number of benzene rings is 2. The zero-order chi connectivity index (χ0) is 19.6. The first-order chi connectivity index (χ1) is 12.7. The van der Waals surface area contributed by atoms with Gasteiger partial charge in [-0.15, -0.1) is 0 Å². The Balaban J connectivity index is 1.81. The van der Waals surface area contributed by atoms with Gasteiger partial charge in [-0.3, -0.25) is 9.52 Å². The number of hydrogen-bond acceptors (Lipinski definition) is 5. The Morgan fingerprint density at radius 1 is 1.07 bits per heavy atom. The fraction of sp³-hybridized carbons (Fsp3) is 0.0588. The first kappa shape index (κ1) is 18.5. The zero-order valence-electron chi connectivity index (χ0n) is 13.9. The molecule has 10 heteroatoms. The van der Waals surface area contributed by atoms with Gasteiger partial charge in [0.1, 0.15) is 23.0 Å². The van der Waals surface area contributed by atoms with E-state index in [1.807, 2.05) is 0 Å². The van der Waals surface area contributed by atoms with Crippen molar-refractivity contribution in [3.05, 3.63) is 71.6 Å². The summed E-state index contributed by atoms with van der Waals surface area (Å²) in [5.74, 6) is -2.18. The number of aromatic nitrogens is 1. The van der Waals surface area contributed by atoms with Crippen molar-refractivity contribution in [1.29, 1.82) is 0 Å². The normalized spacial score (nSPS) is 11.2. The van der Waals surface area contributed by atoms with Crippen molar-refractivity contribution in [2.45, 2.75) is 11.8 Å². The topological polar surface area (TPSA) is 101 Å². The summed E-state index contributed by atoms with van der Waals surface area (Å²) in [7, 11) is -4.22. The van der Waals surface area contributed by atoms with Crippen molar-refractivity contribution in [2.75, 3.05) is 10.0 Å². The summed E-state index contributed by atoms with van der Waals surface area (Å²) >= 11 is 0. The summed E-state index contributed by atoms with van der Waals surface area (Å²) in [5.41, 5.74) is 0.627. The molecule has 140 valence electrons. The van der Waals surface area contributed by atoms with Crippen LogP contribution in [0.2, 0.25) is 0 Å². The van der Waals surface area contributed by atoms with E-state index in [2.05, 4.69) is 15.2 Å². The van der Waals surface area contributed by atoms with Gasteiger partial charge in [-0.1, -0.05) is 11.2 Å². The van der Waals surface area contributed by atoms with Gasteiger partial charge in [0.15, 0.2) is 0 Å². The van der Waals surface area contributed by atoms with Gasteiger partial charge in [0.05, 0.1) is 16.8 Å². The summed E-state index contributed by atoms with van der Waals surface area (Å²) in [6.45, 7) is 1.57. The van der Waals surface area contributed by atoms with E-state index in [0.29, 0.717) is 29.6 Å². The number of sulfonamides is 1. The monoisotopic (exact) mass is 393 g/mol. The fourth-order valence-electron chi connectivity index (χ4n) is 2.27. The summed E-state index contributed by atoms with van der Waals surface area (Å²) < 4.78 is 58.2. The van der Waals surface area contributed by atoms with Gasteiger partial charge in [-0.25, -0.2) is 17.2 Å². The van der Waals surface area contributed by atoms with E-state index < -0.39 is 32.5 Å². The molecule has 0 fully saturated rings. The molecule has 0 unspecified atom stereocenters. The molecule has 1 heterocycles. The SMILES string of the molecule is Cc1oncc1C(=O)Nc1cccc(NS(=O)(=O)c2cc(F)cc(F)c2)c1. The maximum absolute atomic E-state index is 13.3. The molecule has 0 bridgehead atoms. The average molecular weight is 393 g/mol. The Morgan fingerprint density at radius 3 is 2.37 bits per heavy atom. The van der Waals surface area contributed by atoms with Crippen LogP contribution in [-0.2, 0) is 10.0 Å². The van der Waals surface area contributed by atoms with Crippen LogP contribution in [-0.4, -0.2) is 19.5 Å². The second-order valence-corrected chi connectivity index (χ2v) is 7.22. The minimum atomic E-state index is -4.22. The van der Waals surface area contributed by atoms with E-state index in [-0.39, 0.29) is 11.3 Å². The molecule has 3 rings (SSSR count). The standard InChI is InChI=1S/C17H13F2N3O4S/c1-10-16(9-20-26-10)17(23)21-13-3-2-4-14(8-13)22-27(24,25)15-6-11(18)5-12(19)7-15/h2-9,22H,1H3,(H,21,23). The molecule has 1 aromatic heterocycles. The Kier molecular flexibility index (Phi) is 4.91. The highest BCUT2D eigenvalue weighted by Gasteiger charge is 2.18. The third-order valence-electron chi connectivity index (χ3n) is 3.51. The summed E-state index contributed by atoms with van der Waals surface area (Å²) in [6.07, 6.45) is 1.26. The maximum Gasteiger partial charge on any atom is 0.262 e. The number of halogens is 2. The molecule has 0 aliphatic heterocycles. The van der Waals surface area contributed by atoms with E-state index >= 15 is 0 Å². The highest BCUT2D eigenvalue weighted by Crippen LogP contribution is 2.21.